The Kier molecular flexibility index (Phi) is 5.06. The number of fused-ring (bicyclic) bond motifs is 1. The highest BCUT2D eigenvalue weighted by Gasteiger charge is 2.25. The number of halogens is 1. The van der Waals surface area contributed by atoms with Gasteiger partial charge in [0.2, 0.25) is 5.91 Å². The quantitative estimate of drug-likeness (QED) is 0.853. The van der Waals surface area contributed by atoms with Crippen LogP contribution in [0.5, 0.6) is 0 Å². The van der Waals surface area contributed by atoms with Crippen LogP contribution in [0.25, 0.3) is 0 Å². The van der Waals surface area contributed by atoms with Gasteiger partial charge in [-0.15, -0.1) is 11.8 Å². The first-order valence-electron chi connectivity index (χ1n) is 8.01. The van der Waals surface area contributed by atoms with Crippen molar-refractivity contribution in [2.45, 2.75) is 30.0 Å². The monoisotopic (exact) mass is 374 g/mol. The molecule has 4 nitrogen and oxygen atoms in total. The van der Waals surface area contributed by atoms with Gasteiger partial charge in [-0.05, 0) is 49.7 Å². The zero-order chi connectivity index (χ0) is 18.1. The van der Waals surface area contributed by atoms with E-state index in [1.54, 1.807) is 24.1 Å². The number of thioether (sulfide) groups is 1. The first-order chi connectivity index (χ1) is 11.9. The summed E-state index contributed by atoms with van der Waals surface area (Å²) in [5, 5.41) is 3.39. The summed E-state index contributed by atoms with van der Waals surface area (Å²) in [5.74, 6) is -0.143. The third kappa shape index (κ3) is 3.67. The van der Waals surface area contributed by atoms with E-state index in [1.165, 1.54) is 11.8 Å². The Balaban J connectivity index is 1.83. The van der Waals surface area contributed by atoms with E-state index in [2.05, 4.69) is 5.32 Å². The second kappa shape index (κ2) is 7.10. The van der Waals surface area contributed by atoms with Crippen LogP contribution < -0.4 is 5.32 Å². The number of carbonyl (C=O) groups is 2. The molecule has 6 heteroatoms. The molecule has 3 rings (SSSR count). The fraction of sp³-hybridized carbons (Fsp3) is 0.263. The van der Waals surface area contributed by atoms with Gasteiger partial charge >= 0.3 is 0 Å². The van der Waals surface area contributed by atoms with Crippen LogP contribution in [-0.2, 0) is 4.79 Å². The lowest BCUT2D eigenvalue weighted by Gasteiger charge is -2.27. The van der Waals surface area contributed by atoms with E-state index < -0.39 is 0 Å². The van der Waals surface area contributed by atoms with E-state index in [-0.39, 0.29) is 23.1 Å². The normalized spacial score (nSPS) is 17.4. The zero-order valence-corrected chi connectivity index (χ0v) is 15.8. The molecule has 0 saturated carbocycles. The summed E-state index contributed by atoms with van der Waals surface area (Å²) in [4.78, 5) is 27.4. The van der Waals surface area contributed by atoms with Crippen molar-refractivity contribution in [2.24, 2.45) is 0 Å². The molecular formula is C19H19ClN2O2S. The molecule has 2 amide bonds. The highest BCUT2D eigenvalue weighted by Crippen LogP contribution is 2.36. The number of amides is 2. The van der Waals surface area contributed by atoms with E-state index in [1.807, 2.05) is 44.2 Å². The molecule has 2 aromatic rings. The Hall–Kier alpha value is -1.98. The van der Waals surface area contributed by atoms with Crippen LogP contribution >= 0.6 is 23.4 Å². The molecule has 0 radical (unpaired) electrons. The van der Waals surface area contributed by atoms with Gasteiger partial charge in [-0.2, -0.15) is 0 Å². The van der Waals surface area contributed by atoms with E-state index in [9.17, 15) is 9.59 Å². The smallest absolute Gasteiger partial charge is 0.254 e. The Morgan fingerprint density at radius 1 is 1.28 bits per heavy atom. The van der Waals surface area contributed by atoms with Crippen molar-refractivity contribution >= 4 is 40.9 Å². The average Bonchev–Trinajstić information content (AvgIpc) is 2.60. The van der Waals surface area contributed by atoms with Crippen molar-refractivity contribution in [3.05, 3.63) is 58.6 Å². The number of nitrogens with one attached hydrogen (secondary N) is 1. The third-order valence-electron chi connectivity index (χ3n) is 4.39. The molecule has 2 unspecified atom stereocenters. The first-order valence-corrected chi connectivity index (χ1v) is 9.27. The number of anilines is 1. The highest BCUT2D eigenvalue weighted by atomic mass is 35.5. The Morgan fingerprint density at radius 3 is 2.76 bits per heavy atom. The Bertz CT molecular complexity index is 840. The lowest BCUT2D eigenvalue weighted by Crippen LogP contribution is -2.30. The molecule has 1 heterocycles. The van der Waals surface area contributed by atoms with E-state index in [0.29, 0.717) is 16.3 Å². The second-order valence-electron chi connectivity index (χ2n) is 6.11. The summed E-state index contributed by atoms with van der Waals surface area (Å²) in [6.07, 6.45) is 0. The van der Waals surface area contributed by atoms with Crippen molar-refractivity contribution < 1.29 is 9.59 Å². The van der Waals surface area contributed by atoms with Crippen molar-refractivity contribution in [1.29, 1.82) is 0 Å². The Morgan fingerprint density at radius 2 is 2.04 bits per heavy atom. The Labute approximate surface area is 156 Å². The number of nitrogens with zero attached hydrogens (tertiary/aromatic N) is 1. The number of rotatable bonds is 3. The average molecular weight is 375 g/mol. The van der Waals surface area contributed by atoms with Gasteiger partial charge < -0.3 is 10.2 Å². The van der Waals surface area contributed by atoms with Crippen LogP contribution in [-0.4, -0.2) is 29.0 Å². The van der Waals surface area contributed by atoms with E-state index in [0.717, 1.165) is 10.5 Å². The van der Waals surface area contributed by atoms with Crippen LogP contribution in [0.2, 0.25) is 5.02 Å². The molecule has 0 bridgehead atoms. The molecular weight excluding hydrogens is 356 g/mol. The molecule has 130 valence electrons. The minimum Gasteiger partial charge on any atom is -0.335 e. The molecule has 2 aromatic carbocycles. The minimum absolute atomic E-state index is 0.0391. The minimum atomic E-state index is -0.125. The van der Waals surface area contributed by atoms with Crippen molar-refractivity contribution in [3.63, 3.8) is 0 Å². The maximum Gasteiger partial charge on any atom is 0.254 e. The van der Waals surface area contributed by atoms with Gasteiger partial charge in [-0.25, -0.2) is 0 Å². The van der Waals surface area contributed by atoms with Gasteiger partial charge in [0, 0.05) is 22.5 Å². The molecule has 0 aromatic heterocycles. The van der Waals surface area contributed by atoms with Crippen LogP contribution in [0.4, 0.5) is 5.69 Å². The topological polar surface area (TPSA) is 49.4 Å². The van der Waals surface area contributed by atoms with E-state index >= 15 is 0 Å². The first kappa shape index (κ1) is 17.8. The molecule has 0 aliphatic carbocycles. The summed E-state index contributed by atoms with van der Waals surface area (Å²) in [5.41, 5.74) is 2.22. The molecule has 1 N–H and O–H groups in total. The van der Waals surface area contributed by atoms with Gasteiger partial charge in [0.05, 0.1) is 17.0 Å². The van der Waals surface area contributed by atoms with Gasteiger partial charge in [0.25, 0.3) is 5.91 Å². The zero-order valence-electron chi connectivity index (χ0n) is 14.2. The summed E-state index contributed by atoms with van der Waals surface area (Å²) in [6.45, 7) is 3.82. The third-order valence-corrected chi connectivity index (χ3v) is 5.80. The maximum absolute atomic E-state index is 12.8. The van der Waals surface area contributed by atoms with E-state index in [4.69, 9.17) is 11.6 Å². The maximum atomic E-state index is 12.8. The fourth-order valence-electron chi connectivity index (χ4n) is 2.71. The van der Waals surface area contributed by atoms with Crippen LogP contribution in [0.15, 0.2) is 47.4 Å². The second-order valence-corrected chi connectivity index (χ2v) is 7.93. The SMILES string of the molecule is CC1Sc2ccc(C(=O)N(C)C(C)c3cccc(Cl)c3)cc2NC1=O. The number of hydrogen-bond acceptors (Lipinski definition) is 3. The number of carbonyl (C=O) groups excluding carboxylic acids is 2. The number of hydrogen-bond donors (Lipinski definition) is 1. The van der Waals surface area contributed by atoms with Gasteiger partial charge in [-0.3, -0.25) is 9.59 Å². The largest absolute Gasteiger partial charge is 0.335 e. The van der Waals surface area contributed by atoms with Gasteiger partial charge in [0.1, 0.15) is 0 Å². The predicted molar refractivity (Wildman–Crippen MR) is 102 cm³/mol. The highest BCUT2D eigenvalue weighted by molar-refractivity contribution is 8.00. The molecule has 0 saturated heterocycles. The molecule has 0 spiro atoms. The van der Waals surface area contributed by atoms with Crippen molar-refractivity contribution in [3.8, 4) is 0 Å². The molecule has 1 aliphatic heterocycles. The molecule has 1 aliphatic rings. The van der Waals surface area contributed by atoms with Gasteiger partial charge in [0.15, 0.2) is 0 Å². The summed E-state index contributed by atoms with van der Waals surface area (Å²) in [6, 6.07) is 12.8. The standard InChI is InChI=1S/C19H19ClN2O2S/c1-11(13-5-4-6-15(20)9-13)22(3)19(24)14-7-8-17-16(10-14)21-18(23)12(2)25-17/h4-12H,1-3H3,(H,21,23). The summed E-state index contributed by atoms with van der Waals surface area (Å²) in [7, 11) is 1.77. The van der Waals surface area contributed by atoms with Crippen molar-refractivity contribution in [2.75, 3.05) is 12.4 Å². The van der Waals surface area contributed by atoms with Crippen LogP contribution in [0.1, 0.15) is 35.8 Å². The lowest BCUT2D eigenvalue weighted by molar-refractivity contribution is -0.115. The fourth-order valence-corrected chi connectivity index (χ4v) is 3.84. The van der Waals surface area contributed by atoms with Crippen LogP contribution in [0.3, 0.4) is 0 Å². The van der Waals surface area contributed by atoms with Crippen LogP contribution in [0, 0.1) is 0 Å². The van der Waals surface area contributed by atoms with Gasteiger partial charge in [-0.1, -0.05) is 23.7 Å². The molecule has 2 atom stereocenters. The predicted octanol–water partition coefficient (Wildman–Crippen LogP) is 4.61. The van der Waals surface area contributed by atoms with Crippen molar-refractivity contribution in [1.82, 2.24) is 4.90 Å². The summed E-state index contributed by atoms with van der Waals surface area (Å²) >= 11 is 7.55. The summed E-state index contributed by atoms with van der Waals surface area (Å²) < 4.78 is 0. The lowest BCUT2D eigenvalue weighted by atomic mass is 10.1. The number of benzene rings is 2. The molecule has 25 heavy (non-hydrogen) atoms. The molecule has 0 fully saturated rings.